The van der Waals surface area contributed by atoms with Gasteiger partial charge in [0.25, 0.3) is 11.8 Å². The molecular formula is C36H29N3O6S. The molecular weight excluding hydrogens is 602 g/mol. The minimum absolute atomic E-state index is 0.00685. The number of ether oxygens (including phenoxy) is 1. The Morgan fingerprint density at radius 1 is 1.00 bits per heavy atom. The van der Waals surface area contributed by atoms with Crippen LogP contribution in [0.15, 0.2) is 82.5 Å². The summed E-state index contributed by atoms with van der Waals surface area (Å²) in [5.74, 6) is -2.06. The Balaban J connectivity index is 1.53. The largest absolute Gasteiger partial charge is 0.457 e. The second kappa shape index (κ2) is 10.6. The topological polar surface area (TPSA) is 110 Å². The van der Waals surface area contributed by atoms with Gasteiger partial charge in [-0.05, 0) is 68.1 Å². The number of rotatable bonds is 6. The summed E-state index contributed by atoms with van der Waals surface area (Å²) in [5.41, 5.74) is 2.74. The smallest absolute Gasteiger partial charge is 0.350 e. The quantitative estimate of drug-likeness (QED) is 0.160. The number of thiazole rings is 1. The summed E-state index contributed by atoms with van der Waals surface area (Å²) >= 11 is 0.921. The Bertz CT molecular complexity index is 2220. The number of hydrogen-bond donors (Lipinski definition) is 0. The summed E-state index contributed by atoms with van der Waals surface area (Å²) in [7, 11) is 0. The van der Waals surface area contributed by atoms with Crippen LogP contribution in [0.3, 0.4) is 0 Å². The van der Waals surface area contributed by atoms with Gasteiger partial charge < -0.3 is 14.1 Å². The van der Waals surface area contributed by atoms with Crippen molar-refractivity contribution in [1.29, 1.82) is 0 Å². The van der Waals surface area contributed by atoms with Crippen molar-refractivity contribution in [2.45, 2.75) is 39.8 Å². The number of para-hydroxylation sites is 1. The first-order valence-corrected chi connectivity index (χ1v) is 15.6. The number of carbonyl (C=O) groups excluding carboxylic acids is 3. The van der Waals surface area contributed by atoms with E-state index in [1.54, 1.807) is 36.1 Å². The fraction of sp³-hybridized carbons (Fsp3) is 0.194. The minimum Gasteiger partial charge on any atom is -0.457 e. The monoisotopic (exact) mass is 631 g/mol. The predicted octanol–water partition coefficient (Wildman–Crippen LogP) is 6.28. The van der Waals surface area contributed by atoms with E-state index in [0.717, 1.165) is 33.6 Å². The van der Waals surface area contributed by atoms with E-state index in [0.29, 0.717) is 16.9 Å². The van der Waals surface area contributed by atoms with Gasteiger partial charge in [0.1, 0.15) is 17.1 Å². The zero-order valence-electron chi connectivity index (χ0n) is 25.7. The second-order valence-corrected chi connectivity index (χ2v) is 12.5. The molecule has 230 valence electrons. The van der Waals surface area contributed by atoms with Gasteiger partial charge in [-0.2, -0.15) is 0 Å². The molecule has 0 bridgehead atoms. The number of carbonyl (C=O) groups is 3. The van der Waals surface area contributed by atoms with Crippen LogP contribution in [-0.2, 0) is 21.6 Å². The average molecular weight is 632 g/mol. The third kappa shape index (κ3) is 4.03. The average Bonchev–Trinajstić information content (AvgIpc) is 3.62. The molecule has 2 amide bonds. The van der Waals surface area contributed by atoms with Crippen LogP contribution in [0.4, 0.5) is 10.8 Å². The van der Waals surface area contributed by atoms with Gasteiger partial charge >= 0.3 is 5.97 Å². The van der Waals surface area contributed by atoms with Crippen molar-refractivity contribution in [2.75, 3.05) is 16.4 Å². The molecule has 2 aliphatic heterocycles. The number of fused-ring (bicyclic) bond motifs is 5. The molecule has 0 fully saturated rings. The number of aromatic nitrogens is 1. The molecule has 4 heterocycles. The highest BCUT2D eigenvalue weighted by Crippen LogP contribution is 2.55. The minimum atomic E-state index is -1.94. The fourth-order valence-electron chi connectivity index (χ4n) is 6.40. The first-order valence-electron chi connectivity index (χ1n) is 14.7. The highest BCUT2D eigenvalue weighted by atomic mass is 32.1. The lowest BCUT2D eigenvalue weighted by Crippen LogP contribution is -2.53. The molecule has 46 heavy (non-hydrogen) atoms. The molecule has 0 aliphatic carbocycles. The van der Waals surface area contributed by atoms with Gasteiger partial charge in [0.2, 0.25) is 5.76 Å². The van der Waals surface area contributed by atoms with E-state index in [4.69, 9.17) is 9.15 Å². The molecule has 0 saturated heterocycles. The molecule has 10 heteroatoms. The van der Waals surface area contributed by atoms with Crippen LogP contribution in [0.25, 0.3) is 11.0 Å². The van der Waals surface area contributed by atoms with E-state index in [1.807, 2.05) is 57.2 Å². The number of esters is 1. The maximum atomic E-state index is 15.2. The highest BCUT2D eigenvalue weighted by Gasteiger charge is 2.66. The molecule has 3 aromatic carbocycles. The van der Waals surface area contributed by atoms with Gasteiger partial charge in [-0.25, -0.2) is 9.78 Å². The van der Waals surface area contributed by atoms with Crippen molar-refractivity contribution in [1.82, 2.24) is 4.98 Å². The second-order valence-electron chi connectivity index (χ2n) is 11.6. The summed E-state index contributed by atoms with van der Waals surface area (Å²) in [6.07, 6.45) is 1.45. The maximum Gasteiger partial charge on any atom is 0.350 e. The number of anilines is 2. The molecule has 0 saturated carbocycles. The maximum absolute atomic E-state index is 15.2. The molecule has 2 aliphatic rings. The van der Waals surface area contributed by atoms with E-state index in [1.165, 1.54) is 11.0 Å². The molecule has 5 aromatic rings. The molecule has 0 radical (unpaired) electrons. The summed E-state index contributed by atoms with van der Waals surface area (Å²) in [6.45, 7) is 11.2. The van der Waals surface area contributed by atoms with Crippen LogP contribution < -0.4 is 15.2 Å². The van der Waals surface area contributed by atoms with E-state index in [9.17, 15) is 14.4 Å². The van der Waals surface area contributed by atoms with Crippen molar-refractivity contribution in [2.24, 2.45) is 0 Å². The number of aryl methyl sites for hydroxylation is 4. The molecule has 7 rings (SSSR count). The molecule has 1 atom stereocenters. The van der Waals surface area contributed by atoms with Gasteiger partial charge in [-0.15, -0.1) is 0 Å². The summed E-state index contributed by atoms with van der Waals surface area (Å²) in [4.78, 5) is 65.0. The fourth-order valence-corrected chi connectivity index (χ4v) is 7.41. The van der Waals surface area contributed by atoms with Gasteiger partial charge in [-0.1, -0.05) is 66.5 Å². The zero-order chi connectivity index (χ0) is 32.5. The number of hydrogen-bond acceptors (Lipinski definition) is 8. The number of nitrogens with zero attached hydrogens (tertiary/aromatic N) is 3. The van der Waals surface area contributed by atoms with Crippen molar-refractivity contribution in [3.63, 3.8) is 0 Å². The van der Waals surface area contributed by atoms with Crippen LogP contribution in [0.1, 0.15) is 59.3 Å². The molecule has 0 N–H and O–H groups in total. The Kier molecular flexibility index (Phi) is 6.79. The molecule has 9 nitrogen and oxygen atoms in total. The van der Waals surface area contributed by atoms with Gasteiger partial charge in [0, 0.05) is 5.56 Å². The van der Waals surface area contributed by atoms with E-state index in [2.05, 4.69) is 11.6 Å². The van der Waals surface area contributed by atoms with Crippen molar-refractivity contribution < 1.29 is 23.5 Å². The summed E-state index contributed by atoms with van der Waals surface area (Å²) in [6, 6.07) is 18.3. The third-order valence-corrected chi connectivity index (χ3v) is 9.95. The molecule has 1 spiro atoms. The van der Waals surface area contributed by atoms with Crippen LogP contribution in [0.2, 0.25) is 0 Å². The molecule has 1 unspecified atom stereocenters. The summed E-state index contributed by atoms with van der Waals surface area (Å²) < 4.78 is 11.5. The van der Waals surface area contributed by atoms with Gasteiger partial charge in [0.05, 0.1) is 28.9 Å². The molecule has 2 aromatic heterocycles. The Hall–Kier alpha value is -5.35. The predicted molar refractivity (Wildman–Crippen MR) is 176 cm³/mol. The first-order chi connectivity index (χ1) is 22.1. The van der Waals surface area contributed by atoms with Crippen LogP contribution in [-0.4, -0.2) is 29.4 Å². The standard InChI is InChI=1S/C36H29N3O6S/c1-6-15-44-33(42)31-22(5)37-35(46-31)39-32(41)30-28(29(40)24-16-20(3)21(4)17-27(24)45-30)36(39)25-13-9-10-14-26(25)38(34(36)43)18-23-12-8-7-11-19(23)2/h6-14,16-17H,1,15,18H2,2-5H3. The lowest BCUT2D eigenvalue weighted by atomic mass is 9.84. The SMILES string of the molecule is C=CCOC(=O)c1sc(N2C(=O)c3oc4cc(C)c(C)cc4c(=O)c3C23C(=O)N(Cc2ccccc2C)c2ccccc23)nc1C. The Morgan fingerprint density at radius 3 is 2.48 bits per heavy atom. The van der Waals surface area contributed by atoms with Crippen LogP contribution >= 0.6 is 11.3 Å². The van der Waals surface area contributed by atoms with E-state index >= 15 is 4.79 Å². The lowest BCUT2D eigenvalue weighted by Gasteiger charge is -2.32. The Labute approximate surface area is 268 Å². The van der Waals surface area contributed by atoms with Crippen molar-refractivity contribution in [3.8, 4) is 0 Å². The van der Waals surface area contributed by atoms with Gasteiger partial charge in [-0.3, -0.25) is 19.3 Å². The third-order valence-electron chi connectivity index (χ3n) is 8.82. The van der Waals surface area contributed by atoms with Crippen molar-refractivity contribution in [3.05, 3.63) is 133 Å². The number of benzene rings is 3. The zero-order valence-corrected chi connectivity index (χ0v) is 26.5. The summed E-state index contributed by atoms with van der Waals surface area (Å²) in [5, 5.41) is 0.332. The normalized spacial score (nSPS) is 16.8. The van der Waals surface area contributed by atoms with E-state index < -0.39 is 28.8 Å². The number of amides is 2. The van der Waals surface area contributed by atoms with Gasteiger partial charge in [0.15, 0.2) is 16.1 Å². The van der Waals surface area contributed by atoms with E-state index in [-0.39, 0.29) is 45.5 Å². The first kappa shape index (κ1) is 29.4. The highest BCUT2D eigenvalue weighted by molar-refractivity contribution is 7.17. The van der Waals surface area contributed by atoms with Crippen LogP contribution in [0, 0.1) is 27.7 Å². The van der Waals surface area contributed by atoms with Crippen LogP contribution in [0.5, 0.6) is 0 Å². The lowest BCUT2D eigenvalue weighted by molar-refractivity contribution is -0.121. The van der Waals surface area contributed by atoms with Crippen molar-refractivity contribution >= 4 is 50.9 Å². The Morgan fingerprint density at radius 2 is 1.72 bits per heavy atom.